The van der Waals surface area contributed by atoms with Gasteiger partial charge < -0.3 is 14.4 Å². The molecule has 0 unspecified atom stereocenters. The lowest BCUT2D eigenvalue weighted by molar-refractivity contribution is -0.204. The van der Waals surface area contributed by atoms with Gasteiger partial charge in [-0.1, -0.05) is 0 Å². The number of amides is 1. The maximum atomic E-state index is 12.3. The number of methoxy groups -OCH3 is 1. The van der Waals surface area contributed by atoms with Gasteiger partial charge in [0.15, 0.2) is 6.10 Å². The van der Waals surface area contributed by atoms with Crippen molar-refractivity contribution in [2.24, 2.45) is 0 Å². The Bertz CT molecular complexity index is 854. The number of fused-ring (bicyclic) bond motifs is 1. The minimum atomic E-state index is -5.12. The van der Waals surface area contributed by atoms with Crippen molar-refractivity contribution in [1.29, 1.82) is 0 Å². The first kappa shape index (κ1) is 18.0. The second kappa shape index (κ2) is 6.81. The average molecular weight is 368 g/mol. The van der Waals surface area contributed by atoms with E-state index >= 15 is 0 Å². The maximum Gasteiger partial charge on any atom is 0.490 e. The minimum absolute atomic E-state index is 0.0120. The van der Waals surface area contributed by atoms with Gasteiger partial charge in [-0.3, -0.25) is 9.78 Å². The van der Waals surface area contributed by atoms with Crippen molar-refractivity contribution in [2.45, 2.75) is 25.2 Å². The number of hydrogen-bond acceptors (Lipinski definition) is 5. The van der Waals surface area contributed by atoms with Crippen LogP contribution in [-0.4, -0.2) is 47.7 Å². The van der Waals surface area contributed by atoms with E-state index in [0.717, 1.165) is 10.8 Å². The van der Waals surface area contributed by atoms with Crippen molar-refractivity contribution in [3.05, 3.63) is 36.2 Å². The molecule has 1 aromatic heterocycles. The van der Waals surface area contributed by atoms with Crippen molar-refractivity contribution in [1.82, 2.24) is 9.88 Å². The third-order valence-corrected chi connectivity index (χ3v) is 4.13. The van der Waals surface area contributed by atoms with Crippen LogP contribution in [0.15, 0.2) is 30.6 Å². The second-order valence-corrected chi connectivity index (χ2v) is 5.83. The predicted molar refractivity (Wildman–Crippen MR) is 84.3 cm³/mol. The van der Waals surface area contributed by atoms with Crippen molar-refractivity contribution < 1.29 is 32.2 Å². The first-order chi connectivity index (χ1) is 12.3. The number of pyridine rings is 1. The number of esters is 1. The zero-order chi connectivity index (χ0) is 18.9. The van der Waals surface area contributed by atoms with Gasteiger partial charge in [0.25, 0.3) is 5.91 Å². The van der Waals surface area contributed by atoms with Gasteiger partial charge >= 0.3 is 12.1 Å². The van der Waals surface area contributed by atoms with Crippen molar-refractivity contribution in [3.63, 3.8) is 0 Å². The molecule has 138 valence electrons. The monoisotopic (exact) mass is 368 g/mol. The van der Waals surface area contributed by atoms with Crippen LogP contribution in [0.5, 0.6) is 5.75 Å². The second-order valence-electron chi connectivity index (χ2n) is 5.83. The highest BCUT2D eigenvalue weighted by atomic mass is 19.4. The molecule has 1 aromatic carbocycles. The molecular formula is C17H15F3N2O4. The summed E-state index contributed by atoms with van der Waals surface area (Å²) in [4.78, 5) is 28.6. The van der Waals surface area contributed by atoms with Crippen LogP contribution in [0.4, 0.5) is 13.2 Å². The third-order valence-electron chi connectivity index (χ3n) is 4.13. The first-order valence-corrected chi connectivity index (χ1v) is 7.77. The number of ether oxygens (including phenoxy) is 2. The first-order valence-electron chi connectivity index (χ1n) is 7.77. The van der Waals surface area contributed by atoms with E-state index in [4.69, 9.17) is 4.74 Å². The molecule has 1 saturated heterocycles. The van der Waals surface area contributed by atoms with Crippen molar-refractivity contribution >= 4 is 22.6 Å². The Morgan fingerprint density at radius 1 is 1.35 bits per heavy atom. The minimum Gasteiger partial charge on any atom is -0.496 e. The molecule has 6 nitrogen and oxygen atoms in total. The quantitative estimate of drug-likeness (QED) is 0.776. The molecule has 1 fully saturated rings. The number of halogens is 3. The lowest BCUT2D eigenvalue weighted by Gasteiger charge is -2.19. The van der Waals surface area contributed by atoms with Gasteiger partial charge in [-0.2, -0.15) is 13.2 Å². The van der Waals surface area contributed by atoms with Crippen LogP contribution in [0, 0.1) is 0 Å². The number of benzene rings is 1. The van der Waals surface area contributed by atoms with Crippen molar-refractivity contribution in [2.75, 3.05) is 13.7 Å². The number of rotatable bonds is 4. The molecule has 0 bridgehead atoms. The summed E-state index contributed by atoms with van der Waals surface area (Å²) in [5.41, 5.74) is 0.684. The molecule has 1 aliphatic heterocycles. The van der Waals surface area contributed by atoms with Gasteiger partial charge in [0.2, 0.25) is 0 Å². The fraction of sp³-hybridized carbons (Fsp3) is 0.353. The van der Waals surface area contributed by atoms with Gasteiger partial charge in [0.05, 0.1) is 7.11 Å². The topological polar surface area (TPSA) is 68.7 Å². The summed E-state index contributed by atoms with van der Waals surface area (Å²) >= 11 is 0. The largest absolute Gasteiger partial charge is 0.496 e. The van der Waals surface area contributed by atoms with E-state index in [1.807, 2.05) is 12.1 Å². The molecule has 0 aliphatic carbocycles. The third kappa shape index (κ3) is 3.56. The number of alkyl halides is 3. The van der Waals surface area contributed by atoms with Gasteiger partial charge in [0, 0.05) is 42.9 Å². The molecule has 2 aromatic rings. The Morgan fingerprint density at radius 3 is 2.81 bits per heavy atom. The molecule has 3 rings (SSSR count). The summed E-state index contributed by atoms with van der Waals surface area (Å²) in [6.07, 6.45) is -3.22. The molecule has 2 heterocycles. The molecule has 0 N–H and O–H groups in total. The van der Waals surface area contributed by atoms with Gasteiger partial charge in [-0.05, 0) is 23.6 Å². The van der Waals surface area contributed by atoms with Crippen LogP contribution in [0.1, 0.15) is 12.0 Å². The van der Waals surface area contributed by atoms with Crippen LogP contribution in [-0.2, 0) is 20.9 Å². The highest BCUT2D eigenvalue weighted by Gasteiger charge is 2.45. The number of likely N-dealkylation sites (tertiary alicyclic amines) is 1. The molecule has 0 radical (unpaired) electrons. The Labute approximate surface area is 146 Å². The Hall–Kier alpha value is -2.84. The number of hydrogen-bond donors (Lipinski definition) is 0. The lowest BCUT2D eigenvalue weighted by atomic mass is 10.1. The SMILES string of the molecule is COc1cc2ccncc2cc1CN1CC[C@H](OC(=O)C(F)(F)F)C1=O. The van der Waals surface area contributed by atoms with E-state index < -0.39 is 24.2 Å². The number of nitrogens with zero attached hydrogens (tertiary/aromatic N) is 2. The Morgan fingerprint density at radius 2 is 2.12 bits per heavy atom. The van der Waals surface area contributed by atoms with E-state index in [0.29, 0.717) is 11.3 Å². The zero-order valence-electron chi connectivity index (χ0n) is 13.7. The molecule has 0 saturated carbocycles. The molecule has 26 heavy (non-hydrogen) atoms. The molecule has 9 heteroatoms. The van der Waals surface area contributed by atoms with Crippen LogP contribution < -0.4 is 4.74 Å². The van der Waals surface area contributed by atoms with E-state index in [2.05, 4.69) is 9.72 Å². The summed E-state index contributed by atoms with van der Waals surface area (Å²) in [6, 6.07) is 5.42. The Kier molecular flexibility index (Phi) is 4.71. The average Bonchev–Trinajstić information content (AvgIpc) is 2.93. The summed E-state index contributed by atoms with van der Waals surface area (Å²) in [7, 11) is 1.49. The lowest BCUT2D eigenvalue weighted by Crippen LogP contribution is -2.35. The highest BCUT2D eigenvalue weighted by Crippen LogP contribution is 2.29. The van der Waals surface area contributed by atoms with Gasteiger partial charge in [-0.15, -0.1) is 0 Å². The molecule has 1 atom stereocenters. The van der Waals surface area contributed by atoms with Crippen LogP contribution in [0.3, 0.4) is 0 Å². The van der Waals surface area contributed by atoms with Crippen LogP contribution >= 0.6 is 0 Å². The summed E-state index contributed by atoms with van der Waals surface area (Å²) in [6.45, 7) is 0.315. The summed E-state index contributed by atoms with van der Waals surface area (Å²) < 4.78 is 46.5. The zero-order valence-corrected chi connectivity index (χ0v) is 13.7. The Balaban J connectivity index is 1.76. The molecule has 1 amide bonds. The maximum absolute atomic E-state index is 12.3. The predicted octanol–water partition coefficient (Wildman–Crippen LogP) is 2.45. The summed E-state index contributed by atoms with van der Waals surface area (Å²) in [5.74, 6) is -2.46. The van der Waals surface area contributed by atoms with Crippen LogP contribution in [0.25, 0.3) is 10.8 Å². The molecule has 0 spiro atoms. The van der Waals surface area contributed by atoms with Crippen LogP contribution in [0.2, 0.25) is 0 Å². The summed E-state index contributed by atoms with van der Waals surface area (Å²) in [5, 5.41) is 1.75. The highest BCUT2D eigenvalue weighted by molar-refractivity contribution is 5.87. The fourth-order valence-corrected chi connectivity index (χ4v) is 2.85. The smallest absolute Gasteiger partial charge is 0.490 e. The number of carbonyl (C=O) groups excluding carboxylic acids is 2. The standard InChI is InChI=1S/C17H15F3N2O4/c1-25-14-7-10-2-4-21-8-11(10)6-12(14)9-22-5-3-13(15(22)23)26-16(24)17(18,19)20/h2,4,6-8,13H,3,5,9H2,1H3/t13-/m0/s1. The molecule has 1 aliphatic rings. The van der Waals surface area contributed by atoms with Crippen molar-refractivity contribution in [3.8, 4) is 5.75 Å². The van der Waals surface area contributed by atoms with E-state index in [1.165, 1.54) is 12.0 Å². The van der Waals surface area contributed by atoms with Gasteiger partial charge in [0.1, 0.15) is 5.75 Å². The van der Waals surface area contributed by atoms with Gasteiger partial charge in [-0.25, -0.2) is 4.79 Å². The normalized spacial score (nSPS) is 17.6. The van der Waals surface area contributed by atoms with E-state index in [-0.39, 0.29) is 19.5 Å². The molecular weight excluding hydrogens is 353 g/mol. The fourth-order valence-electron chi connectivity index (χ4n) is 2.85. The number of carbonyl (C=O) groups is 2. The van der Waals surface area contributed by atoms with E-state index in [1.54, 1.807) is 18.5 Å². The van der Waals surface area contributed by atoms with E-state index in [9.17, 15) is 22.8 Å². The number of aromatic nitrogens is 1.